The van der Waals surface area contributed by atoms with E-state index in [0.29, 0.717) is 28.7 Å². The predicted octanol–water partition coefficient (Wildman–Crippen LogP) is 8.39. The molecule has 93 heavy (non-hydrogen) atoms. The minimum absolute atomic E-state index is 0. The van der Waals surface area contributed by atoms with Gasteiger partial charge in [0.1, 0.15) is 16.4 Å². The van der Waals surface area contributed by atoms with Crippen LogP contribution in [0.1, 0.15) is 140 Å². The molecule has 0 aliphatic carbocycles. The first kappa shape index (κ1) is 106. The molecular weight excluding hydrogens is 1510 g/mol. The number of hydrogen-bond acceptors (Lipinski definition) is 30. The van der Waals surface area contributed by atoms with Gasteiger partial charge < -0.3 is 26.6 Å². The van der Waals surface area contributed by atoms with Crippen molar-refractivity contribution in [1.29, 1.82) is 5.26 Å². The number of aliphatic hydroxyl groups is 1. The van der Waals surface area contributed by atoms with E-state index in [0.717, 1.165) is 99.5 Å². The van der Waals surface area contributed by atoms with Crippen molar-refractivity contribution in [3.63, 3.8) is 0 Å². The van der Waals surface area contributed by atoms with Crippen LogP contribution >= 0.6 is 114 Å². The van der Waals surface area contributed by atoms with Gasteiger partial charge in [-0.3, -0.25) is 13.8 Å². The third-order valence-electron chi connectivity index (χ3n) is 7.84. The van der Waals surface area contributed by atoms with Gasteiger partial charge in [-0.05, 0) is 183 Å². The quantitative estimate of drug-likeness (QED) is 0.0343. The number of aliphatic carboxylic acids is 2. The van der Waals surface area contributed by atoms with Gasteiger partial charge in [-0.25, -0.2) is 13.8 Å². The van der Waals surface area contributed by atoms with E-state index in [9.17, 15) is 44.4 Å². The number of aromatic carboxylic acids is 1. The number of halogens is 3. The molecule has 26 nitrogen and oxygen atoms in total. The van der Waals surface area contributed by atoms with Crippen LogP contribution in [0.25, 0.3) is 0 Å². The first-order chi connectivity index (χ1) is 40.4. The summed E-state index contributed by atoms with van der Waals surface area (Å²) in [6, 6.07) is 14.6. The molecule has 1 atom stereocenters. The number of rotatable bonds is 14. The van der Waals surface area contributed by atoms with Crippen LogP contribution in [0.4, 0.5) is 0 Å². The Morgan fingerprint density at radius 1 is 0.602 bits per heavy atom. The number of aliphatic hydroxyl groups excluding tert-OH is 1. The average Bonchev–Trinajstić information content (AvgIpc) is 1.71. The fourth-order valence-electron chi connectivity index (χ4n) is 4.88. The van der Waals surface area contributed by atoms with Gasteiger partial charge in [-0.15, -0.1) is 16.0 Å². The summed E-state index contributed by atoms with van der Waals surface area (Å²) in [5.74, 6) is -2.25. The molecule has 0 aliphatic heterocycles. The second kappa shape index (κ2) is 56.7. The molecule has 0 fully saturated rings. The van der Waals surface area contributed by atoms with Crippen LogP contribution in [-0.2, 0) is 87.8 Å². The molecule has 0 saturated carbocycles. The molecule has 526 valence electrons. The standard InChI is InChI=1S/C9H13NO2S.C6H6N2S.C6H9NO3S2.2C6H7NO2S.C5H5NO2S.C5H7NOS.C4H10.C2H6O5S2.2CH4.Al.Cl2OS.ClH.Li.4H/c1-5(2)8(9(11)12)7-4-6(3)10-13-7;1-5-4-6(2-3-7)9-8-5;1-5-3-6(11-7-5)4-10-12(2,8)9;1-4-3-5(10-7-4)6(8)9-2;1-4-2-5(10-7-4)3-6(8)9;1-3-2-4(5(7)8)9-6-3;1-4-2-5(3-7)8-6-4;1-4(2)3;1-8(3,4)7-9(2,5)6;;;;1-4(2)3;;;;;;/h4-5,8H,1-3H3,(H,11,12);4H,2H2,1H3;3H,4H2,1-2H3;3H,1-2H3;2H,3H2,1H3,(H,8,9);2H,1H3,(H,7,8);2,7H,3H2,1H3;4H,1-3H3;1-2H3;2*1H4;;;1H;;;;;/q;;;;;;;;;;;;;;+1;;;;-1. The molecule has 7 aromatic heterocycles. The number of carboxylic acid groups (broad SMARTS) is 3. The van der Waals surface area contributed by atoms with E-state index in [1.54, 1.807) is 31.2 Å². The number of ether oxygens (including phenoxy) is 1. The Morgan fingerprint density at radius 3 is 1.16 bits per heavy atom. The molecule has 0 aliphatic rings. The molecule has 0 spiro atoms. The summed E-state index contributed by atoms with van der Waals surface area (Å²) >= 11 is 8.70. The first-order valence-corrected chi connectivity index (χ1v) is 38.0. The number of nitrogens with zero attached hydrogens (tertiary/aromatic N) is 8. The summed E-state index contributed by atoms with van der Waals surface area (Å²) in [5, 5.41) is 42.5. The minimum atomic E-state index is -3.87. The van der Waals surface area contributed by atoms with Gasteiger partial charge in [0.05, 0.1) is 107 Å². The van der Waals surface area contributed by atoms with Crippen LogP contribution in [0.2, 0.25) is 0 Å². The van der Waals surface area contributed by atoms with Crippen molar-refractivity contribution in [1.82, 2.24) is 30.6 Å². The second-order valence-corrected chi connectivity index (χ2v) is 31.6. The molecule has 0 bridgehead atoms. The fourth-order valence-corrected chi connectivity index (χ4v) is 12.0. The smallest absolute Gasteiger partial charge is 1.00 e. The number of methoxy groups -OCH3 is 1. The summed E-state index contributed by atoms with van der Waals surface area (Å²) in [7, 11) is -2.36. The largest absolute Gasteiger partial charge is 1.00 e. The SMILES string of the molecule is C.C.CC(C)C.COC(=O)c1cc(C)ns1.CS(=O)(=O)OS(C)(=O)=O.Cc1cc(C(=O)O)sn1.Cc1cc(C(C(=O)O)C(C)C)sn1.Cc1cc(CC#N)sn1.Cc1cc(CC(=O)O)sn1.Cc1cc(CO)sn1.Cc1cc(COS(C)(=O)=O)sn1.Cl.O=S(Cl)Cl.[AlH3].[H-].[Li+]. The molecule has 0 amide bonds. The van der Waals surface area contributed by atoms with Crippen LogP contribution in [0, 0.1) is 71.6 Å². The summed E-state index contributed by atoms with van der Waals surface area (Å²) in [4.78, 5) is 47.4. The summed E-state index contributed by atoms with van der Waals surface area (Å²) < 4.78 is 111. The van der Waals surface area contributed by atoms with Crippen molar-refractivity contribution in [2.45, 2.75) is 130 Å². The van der Waals surface area contributed by atoms with E-state index in [4.69, 9.17) is 29.9 Å². The minimum Gasteiger partial charge on any atom is -1.00 e. The van der Waals surface area contributed by atoms with Crippen LogP contribution in [0.5, 0.6) is 0 Å². The number of carbonyl (C=O) groups is 4. The molecule has 0 saturated heterocycles. The Labute approximate surface area is 617 Å². The van der Waals surface area contributed by atoms with Gasteiger partial charge in [0.15, 0.2) is 17.4 Å². The van der Waals surface area contributed by atoms with Crippen molar-refractivity contribution in [3.05, 3.63) is 116 Å². The van der Waals surface area contributed by atoms with E-state index in [2.05, 4.69) is 91.4 Å². The zero-order valence-electron chi connectivity index (χ0n) is 52.8. The summed E-state index contributed by atoms with van der Waals surface area (Å²) in [6.07, 6.45) is 2.93. The summed E-state index contributed by atoms with van der Waals surface area (Å²) in [6.45, 7) is 23.5. The molecule has 1 unspecified atom stereocenters. The van der Waals surface area contributed by atoms with Gasteiger partial charge in [0, 0.05) is 36.0 Å². The zero-order valence-corrected chi connectivity index (χ0v) is 63.1. The Hall–Kier alpha value is -3.34. The van der Waals surface area contributed by atoms with Crippen molar-refractivity contribution in [2.24, 2.45) is 11.8 Å². The van der Waals surface area contributed by atoms with E-state index in [1.807, 2.05) is 73.6 Å². The van der Waals surface area contributed by atoms with Crippen molar-refractivity contribution < 1.29 is 102 Å². The van der Waals surface area contributed by atoms with E-state index in [-0.39, 0.29) is 96.4 Å². The fraction of sp³-hybridized carbons (Fsp3) is 0.490. The Kier molecular flexibility index (Phi) is 64.4. The van der Waals surface area contributed by atoms with Crippen molar-refractivity contribution >= 4 is 195 Å². The number of nitriles is 1. The second-order valence-electron chi connectivity index (χ2n) is 18.1. The molecule has 0 aromatic carbocycles. The Balaban J connectivity index is -0.000000123. The normalized spacial score (nSPS) is 10.1. The number of carbonyl (C=O) groups excluding carboxylic acids is 1. The average molecular weight is 1590 g/mol. The molecule has 42 heteroatoms. The first-order valence-electron chi connectivity index (χ1n) is 24.4. The number of aromatic nitrogens is 7. The van der Waals surface area contributed by atoms with Crippen molar-refractivity contribution in [3.8, 4) is 6.07 Å². The Bertz CT molecular complexity index is 3560. The van der Waals surface area contributed by atoms with E-state index >= 15 is 0 Å². The number of aryl methyl sites for hydroxylation is 7. The van der Waals surface area contributed by atoms with Crippen LogP contribution in [-0.4, -0.2) is 148 Å². The number of hydrogen-bond donors (Lipinski definition) is 4. The van der Waals surface area contributed by atoms with Gasteiger partial charge in [0.25, 0.3) is 30.4 Å². The topological polar surface area (TPSA) is 410 Å². The maximum absolute atomic E-state index is 10.9. The maximum Gasteiger partial charge on any atom is 1.00 e. The van der Waals surface area contributed by atoms with Crippen LogP contribution < -0.4 is 18.9 Å². The van der Waals surface area contributed by atoms with Crippen LogP contribution in [0.15, 0.2) is 42.5 Å². The predicted molar refractivity (Wildman–Crippen MR) is 381 cm³/mol. The monoisotopic (exact) mass is 1590 g/mol. The maximum atomic E-state index is 10.9. The number of esters is 1. The molecule has 7 aromatic rings. The third kappa shape index (κ3) is 63.2. The Morgan fingerprint density at radius 2 is 0.935 bits per heavy atom. The van der Waals surface area contributed by atoms with Gasteiger partial charge in [0.2, 0.25) is 9.23 Å². The molecule has 7 heterocycles. The van der Waals surface area contributed by atoms with Gasteiger partial charge >= 0.3 is 42.7 Å². The molecular formula is C51H83AlCl3LiN8O18S11. The van der Waals surface area contributed by atoms with Crippen LogP contribution in [0.3, 0.4) is 0 Å². The molecule has 0 radical (unpaired) electrons. The van der Waals surface area contributed by atoms with Crippen molar-refractivity contribution in [2.75, 3.05) is 25.9 Å². The van der Waals surface area contributed by atoms with E-state index in [1.165, 1.54) is 64.8 Å². The molecule has 4 N–H and O–H groups in total. The third-order valence-corrected chi connectivity index (χ3v) is 16.5. The van der Waals surface area contributed by atoms with E-state index < -0.39 is 63.4 Å². The van der Waals surface area contributed by atoms with Gasteiger partial charge in [-0.2, -0.15) is 61.1 Å². The molecule has 7 rings (SSSR count). The summed E-state index contributed by atoms with van der Waals surface area (Å²) in [5.41, 5.74) is 6.27. The zero-order chi connectivity index (χ0) is 68.7. The van der Waals surface area contributed by atoms with Gasteiger partial charge in [-0.1, -0.05) is 49.5 Å². The number of carboxylic acids is 3.